The minimum atomic E-state index is -0.420. The zero-order valence-electron chi connectivity index (χ0n) is 16.2. The van der Waals surface area contributed by atoms with Crippen molar-refractivity contribution in [1.82, 2.24) is 9.97 Å². The summed E-state index contributed by atoms with van der Waals surface area (Å²) >= 11 is 4.53. The van der Waals surface area contributed by atoms with Crippen LogP contribution in [0.5, 0.6) is 11.5 Å². The highest BCUT2D eigenvalue weighted by Crippen LogP contribution is 2.30. The molecule has 0 unspecified atom stereocenters. The Morgan fingerprint density at radius 2 is 1.90 bits per heavy atom. The van der Waals surface area contributed by atoms with Gasteiger partial charge in [-0.25, -0.2) is 4.98 Å². The van der Waals surface area contributed by atoms with Crippen LogP contribution in [0.4, 0.5) is 5.69 Å². The SMILES string of the molecule is COc1ccc(Cc2nc(SCc3ccccc3[N+](=O)[O-])[nH]c(=O)c2Br)cc1OC. The summed E-state index contributed by atoms with van der Waals surface area (Å²) in [6.07, 6.45) is 0.393. The van der Waals surface area contributed by atoms with E-state index in [0.717, 1.165) is 5.56 Å². The van der Waals surface area contributed by atoms with Gasteiger partial charge >= 0.3 is 0 Å². The highest BCUT2D eigenvalue weighted by Gasteiger charge is 2.15. The average molecular weight is 492 g/mol. The van der Waals surface area contributed by atoms with Crippen molar-refractivity contribution in [3.8, 4) is 11.5 Å². The summed E-state index contributed by atoms with van der Waals surface area (Å²) in [7, 11) is 3.12. The standard InChI is InChI=1S/C20H18BrN3O5S/c1-28-16-8-7-12(10-17(16)29-2)9-14-18(21)19(25)23-20(22-14)30-11-13-5-3-4-6-15(13)24(26)27/h3-8,10H,9,11H2,1-2H3,(H,22,23,25). The van der Waals surface area contributed by atoms with Gasteiger partial charge in [0.15, 0.2) is 16.7 Å². The molecule has 10 heteroatoms. The molecule has 0 spiro atoms. The van der Waals surface area contributed by atoms with Crippen LogP contribution in [-0.4, -0.2) is 29.1 Å². The first-order valence-electron chi connectivity index (χ1n) is 8.77. The van der Waals surface area contributed by atoms with Crippen LogP contribution < -0.4 is 15.0 Å². The second-order valence-corrected chi connectivity index (χ2v) is 7.93. The number of para-hydroxylation sites is 1. The van der Waals surface area contributed by atoms with Gasteiger partial charge in [-0.3, -0.25) is 14.9 Å². The van der Waals surface area contributed by atoms with E-state index in [1.54, 1.807) is 38.5 Å². The minimum Gasteiger partial charge on any atom is -0.493 e. The number of rotatable bonds is 8. The maximum Gasteiger partial charge on any atom is 0.273 e. The van der Waals surface area contributed by atoms with Gasteiger partial charge in [-0.1, -0.05) is 36.0 Å². The average Bonchev–Trinajstić information content (AvgIpc) is 2.75. The number of nitrogens with zero attached hydrogens (tertiary/aromatic N) is 2. The maximum absolute atomic E-state index is 12.4. The van der Waals surface area contributed by atoms with E-state index in [0.29, 0.717) is 44.6 Å². The van der Waals surface area contributed by atoms with E-state index in [-0.39, 0.29) is 11.2 Å². The van der Waals surface area contributed by atoms with Crippen LogP contribution in [0.3, 0.4) is 0 Å². The van der Waals surface area contributed by atoms with Crippen molar-refractivity contribution in [3.63, 3.8) is 0 Å². The van der Waals surface area contributed by atoms with Gasteiger partial charge in [-0.15, -0.1) is 0 Å². The molecule has 8 nitrogen and oxygen atoms in total. The first kappa shape index (κ1) is 21.8. The van der Waals surface area contributed by atoms with Crippen molar-refractivity contribution in [2.45, 2.75) is 17.3 Å². The summed E-state index contributed by atoms with van der Waals surface area (Å²) in [6.45, 7) is 0. The number of aromatic amines is 1. The molecule has 0 saturated carbocycles. The fraction of sp³-hybridized carbons (Fsp3) is 0.200. The molecular weight excluding hydrogens is 474 g/mol. The van der Waals surface area contributed by atoms with Gasteiger partial charge in [0.2, 0.25) is 0 Å². The van der Waals surface area contributed by atoms with Crippen molar-refractivity contribution in [3.05, 3.63) is 84.2 Å². The molecule has 30 heavy (non-hydrogen) atoms. The summed E-state index contributed by atoms with van der Waals surface area (Å²) in [6, 6.07) is 12.0. The lowest BCUT2D eigenvalue weighted by atomic mass is 10.1. The highest BCUT2D eigenvalue weighted by molar-refractivity contribution is 9.10. The Balaban J connectivity index is 1.85. The topological polar surface area (TPSA) is 107 Å². The number of aromatic nitrogens is 2. The molecule has 0 radical (unpaired) electrons. The molecule has 0 aliphatic rings. The van der Waals surface area contributed by atoms with Crippen LogP contribution in [0, 0.1) is 10.1 Å². The van der Waals surface area contributed by atoms with Gasteiger partial charge < -0.3 is 14.5 Å². The van der Waals surface area contributed by atoms with Crippen molar-refractivity contribution < 1.29 is 14.4 Å². The molecule has 0 amide bonds. The summed E-state index contributed by atoms with van der Waals surface area (Å²) in [5.74, 6) is 1.50. The van der Waals surface area contributed by atoms with Crippen molar-refractivity contribution in [2.24, 2.45) is 0 Å². The predicted molar refractivity (Wildman–Crippen MR) is 118 cm³/mol. The van der Waals surface area contributed by atoms with Crippen LogP contribution in [-0.2, 0) is 12.2 Å². The van der Waals surface area contributed by atoms with Gasteiger partial charge in [-0.2, -0.15) is 0 Å². The fourth-order valence-corrected chi connectivity index (χ4v) is 4.01. The number of halogens is 1. The molecule has 0 bridgehead atoms. The Hall–Kier alpha value is -2.85. The van der Waals surface area contributed by atoms with E-state index in [4.69, 9.17) is 9.47 Å². The Bertz CT molecular complexity index is 1140. The lowest BCUT2D eigenvalue weighted by Gasteiger charge is -2.10. The Labute approximate surface area is 184 Å². The summed E-state index contributed by atoms with van der Waals surface area (Å²) in [5, 5.41) is 11.6. The van der Waals surface area contributed by atoms with Gasteiger partial charge in [0.1, 0.15) is 4.47 Å². The molecule has 0 aliphatic heterocycles. The Morgan fingerprint density at radius 3 is 2.60 bits per heavy atom. The third-order valence-electron chi connectivity index (χ3n) is 4.28. The molecule has 0 saturated heterocycles. The number of thioether (sulfide) groups is 1. The molecule has 1 heterocycles. The normalized spacial score (nSPS) is 10.6. The van der Waals surface area contributed by atoms with Gasteiger partial charge in [-0.05, 0) is 33.6 Å². The molecular formula is C20H18BrN3O5S. The fourth-order valence-electron chi connectivity index (χ4n) is 2.81. The molecule has 3 rings (SSSR count). The van der Waals surface area contributed by atoms with Gasteiger partial charge in [0.25, 0.3) is 11.2 Å². The van der Waals surface area contributed by atoms with E-state index >= 15 is 0 Å². The van der Waals surface area contributed by atoms with E-state index in [9.17, 15) is 14.9 Å². The Kier molecular flexibility index (Phi) is 7.11. The second-order valence-electron chi connectivity index (χ2n) is 6.17. The highest BCUT2D eigenvalue weighted by atomic mass is 79.9. The molecule has 0 fully saturated rings. The summed E-state index contributed by atoms with van der Waals surface area (Å²) in [5.41, 5.74) is 1.72. The van der Waals surface area contributed by atoms with Crippen LogP contribution in [0.15, 0.2) is 56.9 Å². The van der Waals surface area contributed by atoms with Crippen LogP contribution in [0.25, 0.3) is 0 Å². The summed E-state index contributed by atoms with van der Waals surface area (Å²) < 4.78 is 10.9. The maximum atomic E-state index is 12.4. The number of hydrogen-bond donors (Lipinski definition) is 1. The quantitative estimate of drug-likeness (QED) is 0.216. The third kappa shape index (κ3) is 5.00. The molecule has 2 aromatic carbocycles. The number of nitrogens with one attached hydrogen (secondary N) is 1. The number of hydrogen-bond acceptors (Lipinski definition) is 7. The molecule has 1 N–H and O–H groups in total. The van der Waals surface area contributed by atoms with Gasteiger partial charge in [0.05, 0.1) is 24.8 Å². The zero-order valence-corrected chi connectivity index (χ0v) is 18.6. The van der Waals surface area contributed by atoms with Gasteiger partial charge in [0, 0.05) is 23.8 Å². The molecule has 0 atom stereocenters. The molecule has 3 aromatic rings. The van der Waals surface area contributed by atoms with Crippen LogP contribution >= 0.6 is 27.7 Å². The van der Waals surface area contributed by atoms with E-state index in [1.807, 2.05) is 12.1 Å². The van der Waals surface area contributed by atoms with Crippen molar-refractivity contribution in [2.75, 3.05) is 14.2 Å². The number of nitro groups is 1. The van der Waals surface area contributed by atoms with Crippen LogP contribution in [0.2, 0.25) is 0 Å². The lowest BCUT2D eigenvalue weighted by molar-refractivity contribution is -0.385. The lowest BCUT2D eigenvalue weighted by Crippen LogP contribution is -2.13. The third-order valence-corrected chi connectivity index (χ3v) is 6.02. The molecule has 0 aliphatic carbocycles. The van der Waals surface area contributed by atoms with Crippen molar-refractivity contribution >= 4 is 33.4 Å². The second kappa shape index (κ2) is 9.77. The smallest absolute Gasteiger partial charge is 0.273 e. The minimum absolute atomic E-state index is 0.0370. The van der Waals surface area contributed by atoms with E-state index in [1.165, 1.54) is 17.8 Å². The first-order chi connectivity index (χ1) is 14.4. The number of H-pyrrole nitrogens is 1. The van der Waals surface area contributed by atoms with Crippen LogP contribution in [0.1, 0.15) is 16.8 Å². The first-order valence-corrected chi connectivity index (χ1v) is 10.6. The van der Waals surface area contributed by atoms with E-state index in [2.05, 4.69) is 25.9 Å². The molecule has 1 aromatic heterocycles. The monoisotopic (exact) mass is 491 g/mol. The number of ether oxygens (including phenoxy) is 2. The summed E-state index contributed by atoms with van der Waals surface area (Å²) in [4.78, 5) is 30.3. The zero-order chi connectivity index (χ0) is 21.7. The number of benzene rings is 2. The number of nitro benzene ring substituents is 1. The van der Waals surface area contributed by atoms with E-state index < -0.39 is 4.92 Å². The Morgan fingerprint density at radius 1 is 1.17 bits per heavy atom. The predicted octanol–water partition coefficient (Wildman–Crippen LogP) is 4.34. The molecule has 156 valence electrons. The number of methoxy groups -OCH3 is 2. The largest absolute Gasteiger partial charge is 0.493 e. The van der Waals surface area contributed by atoms with Crippen molar-refractivity contribution in [1.29, 1.82) is 0 Å².